The molecule has 0 saturated heterocycles. The van der Waals surface area contributed by atoms with E-state index < -0.39 is 12.1 Å². The number of likely N-dealkylation sites (N-methyl/N-ethyl adjacent to an activating group) is 1. The number of aldehydes is 1. The first-order chi connectivity index (χ1) is 8.69. The Labute approximate surface area is 107 Å². The summed E-state index contributed by atoms with van der Waals surface area (Å²) in [6.07, 6.45) is 2.19. The monoisotopic (exact) mass is 247 g/mol. The fourth-order valence-corrected chi connectivity index (χ4v) is 1.50. The minimum atomic E-state index is -0.525. The molecule has 0 saturated carbocycles. The lowest BCUT2D eigenvalue weighted by Crippen LogP contribution is -2.40. The molecular formula is C14H17NO3. The maximum atomic E-state index is 11.6. The number of hydrogen-bond acceptors (Lipinski definition) is 3. The number of carbonyl (C=O) groups excluding carboxylic acids is 2. The molecule has 1 rings (SSSR count). The van der Waals surface area contributed by atoms with Crippen LogP contribution in [0.25, 0.3) is 0 Å². The third-order valence-corrected chi connectivity index (χ3v) is 2.55. The molecule has 1 atom stereocenters. The summed E-state index contributed by atoms with van der Waals surface area (Å²) in [6, 6.07) is 9.01. The molecule has 4 heteroatoms. The van der Waals surface area contributed by atoms with E-state index in [4.69, 9.17) is 4.74 Å². The highest BCUT2D eigenvalue weighted by atomic mass is 16.6. The Kier molecular flexibility index (Phi) is 5.64. The topological polar surface area (TPSA) is 46.6 Å². The van der Waals surface area contributed by atoms with Gasteiger partial charge in [0.25, 0.3) is 0 Å². The summed E-state index contributed by atoms with van der Waals surface area (Å²) in [4.78, 5) is 23.9. The largest absolute Gasteiger partial charge is 0.445 e. The van der Waals surface area contributed by atoms with Gasteiger partial charge in [0.2, 0.25) is 0 Å². The Morgan fingerprint density at radius 2 is 2.11 bits per heavy atom. The quantitative estimate of drug-likeness (QED) is 0.571. The number of ether oxygens (including phenoxy) is 1. The second-order valence-corrected chi connectivity index (χ2v) is 3.87. The highest BCUT2D eigenvalue weighted by Gasteiger charge is 2.20. The predicted molar refractivity (Wildman–Crippen MR) is 69.3 cm³/mol. The van der Waals surface area contributed by atoms with Crippen molar-refractivity contribution in [2.75, 3.05) is 13.7 Å². The molecule has 4 nitrogen and oxygen atoms in total. The van der Waals surface area contributed by atoms with Crippen molar-refractivity contribution in [3.05, 3.63) is 48.6 Å². The van der Waals surface area contributed by atoms with Gasteiger partial charge in [-0.05, 0) is 12.0 Å². The molecule has 0 unspecified atom stereocenters. The molecule has 1 aromatic carbocycles. The van der Waals surface area contributed by atoms with Crippen molar-refractivity contribution in [2.45, 2.75) is 12.5 Å². The summed E-state index contributed by atoms with van der Waals surface area (Å²) in [5.74, 6) is 0. The lowest BCUT2D eigenvalue weighted by Gasteiger charge is -2.22. The van der Waals surface area contributed by atoms with Crippen molar-refractivity contribution >= 4 is 12.4 Å². The van der Waals surface area contributed by atoms with E-state index in [0.717, 1.165) is 11.8 Å². The molecule has 0 heterocycles. The summed E-state index contributed by atoms with van der Waals surface area (Å²) >= 11 is 0. The van der Waals surface area contributed by atoms with Crippen LogP contribution in [0.1, 0.15) is 5.56 Å². The van der Waals surface area contributed by atoms with E-state index in [-0.39, 0.29) is 6.61 Å². The zero-order chi connectivity index (χ0) is 13.4. The first-order valence-electron chi connectivity index (χ1n) is 5.68. The van der Waals surface area contributed by atoms with Gasteiger partial charge in [-0.2, -0.15) is 0 Å². The van der Waals surface area contributed by atoms with Crippen LogP contribution < -0.4 is 0 Å². The molecule has 0 aliphatic rings. The Bertz CT molecular complexity index is 403. The zero-order valence-electron chi connectivity index (χ0n) is 10.4. The molecule has 18 heavy (non-hydrogen) atoms. The summed E-state index contributed by atoms with van der Waals surface area (Å²) in [7, 11) is 1.55. The second-order valence-electron chi connectivity index (χ2n) is 3.87. The Morgan fingerprint density at radius 3 is 2.67 bits per heavy atom. The van der Waals surface area contributed by atoms with Gasteiger partial charge in [0.15, 0.2) is 0 Å². The van der Waals surface area contributed by atoms with E-state index >= 15 is 0 Å². The lowest BCUT2D eigenvalue weighted by atomic mass is 10.1. The normalized spacial score (nSPS) is 11.4. The van der Waals surface area contributed by atoms with Gasteiger partial charge in [-0.15, -0.1) is 0 Å². The van der Waals surface area contributed by atoms with Crippen molar-refractivity contribution in [1.82, 2.24) is 4.90 Å². The molecule has 0 aliphatic carbocycles. The fourth-order valence-electron chi connectivity index (χ4n) is 1.50. The lowest BCUT2D eigenvalue weighted by molar-refractivity contribution is -0.111. The molecule has 0 N–H and O–H groups in total. The van der Waals surface area contributed by atoms with Gasteiger partial charge < -0.3 is 14.4 Å². The summed E-state index contributed by atoms with van der Waals surface area (Å²) < 4.78 is 4.88. The van der Waals surface area contributed by atoms with Gasteiger partial charge in [0.05, 0.1) is 6.04 Å². The Balaban J connectivity index is 2.62. The number of carbonyl (C=O) groups is 2. The van der Waals surface area contributed by atoms with Gasteiger partial charge in [-0.3, -0.25) is 0 Å². The van der Waals surface area contributed by atoms with E-state index in [2.05, 4.69) is 6.58 Å². The molecule has 0 radical (unpaired) electrons. The first-order valence-corrected chi connectivity index (χ1v) is 5.68. The minimum absolute atomic E-state index is 0.139. The smallest absolute Gasteiger partial charge is 0.410 e. The minimum Gasteiger partial charge on any atom is -0.445 e. The van der Waals surface area contributed by atoms with Gasteiger partial charge in [-0.1, -0.05) is 43.0 Å². The Morgan fingerprint density at radius 1 is 1.44 bits per heavy atom. The number of amides is 1. The van der Waals surface area contributed by atoms with Crippen molar-refractivity contribution in [3.8, 4) is 0 Å². The highest BCUT2D eigenvalue weighted by Crippen LogP contribution is 2.07. The van der Waals surface area contributed by atoms with Gasteiger partial charge in [0.1, 0.15) is 12.9 Å². The molecule has 96 valence electrons. The van der Waals surface area contributed by atoms with Gasteiger partial charge in [-0.25, -0.2) is 4.79 Å². The average Bonchev–Trinajstić information content (AvgIpc) is 2.42. The molecule has 0 aromatic heterocycles. The van der Waals surface area contributed by atoms with Crippen LogP contribution in [0.3, 0.4) is 0 Å². The molecular weight excluding hydrogens is 230 g/mol. The summed E-state index contributed by atoms with van der Waals surface area (Å²) in [5.41, 5.74) is 0.998. The number of hydrogen-bond donors (Lipinski definition) is 0. The zero-order valence-corrected chi connectivity index (χ0v) is 10.4. The standard InChI is InChI=1S/C14H17NO3/c1-3-9-18-14(17)15(2)13(11-16)10-12-7-5-4-6-8-12/h3-8,11,13H,1,9-10H2,2H3/t13-/m1/s1. The SMILES string of the molecule is C=CCOC(=O)N(C)[C@@H](C=O)Cc1ccccc1. The molecule has 0 spiro atoms. The predicted octanol–water partition coefficient (Wildman–Crippen LogP) is 2.05. The van der Waals surface area contributed by atoms with E-state index in [0.29, 0.717) is 6.42 Å². The van der Waals surface area contributed by atoms with E-state index in [1.807, 2.05) is 30.3 Å². The van der Waals surface area contributed by atoms with Crippen molar-refractivity contribution < 1.29 is 14.3 Å². The third-order valence-electron chi connectivity index (χ3n) is 2.55. The van der Waals surface area contributed by atoms with Crippen molar-refractivity contribution in [3.63, 3.8) is 0 Å². The summed E-state index contributed by atoms with van der Waals surface area (Å²) in [5, 5.41) is 0. The molecule has 1 amide bonds. The molecule has 0 fully saturated rings. The average molecular weight is 247 g/mol. The molecule has 0 bridgehead atoms. The van der Waals surface area contributed by atoms with Crippen LogP contribution in [0.4, 0.5) is 4.79 Å². The maximum absolute atomic E-state index is 11.6. The van der Waals surface area contributed by atoms with Crippen LogP contribution in [0.15, 0.2) is 43.0 Å². The van der Waals surface area contributed by atoms with Gasteiger partial charge in [0, 0.05) is 7.05 Å². The van der Waals surface area contributed by atoms with Crippen LogP contribution in [-0.2, 0) is 16.0 Å². The van der Waals surface area contributed by atoms with Crippen LogP contribution in [0, 0.1) is 0 Å². The van der Waals surface area contributed by atoms with Crippen LogP contribution in [0.2, 0.25) is 0 Å². The van der Waals surface area contributed by atoms with Crippen LogP contribution in [-0.4, -0.2) is 37.0 Å². The summed E-state index contributed by atoms with van der Waals surface area (Å²) in [6.45, 7) is 3.60. The van der Waals surface area contributed by atoms with Gasteiger partial charge >= 0.3 is 6.09 Å². The molecule has 1 aromatic rings. The molecule has 0 aliphatic heterocycles. The fraction of sp³-hybridized carbons (Fsp3) is 0.286. The Hall–Kier alpha value is -2.10. The highest BCUT2D eigenvalue weighted by molar-refractivity contribution is 5.73. The van der Waals surface area contributed by atoms with Crippen LogP contribution >= 0.6 is 0 Å². The van der Waals surface area contributed by atoms with Crippen LogP contribution in [0.5, 0.6) is 0 Å². The van der Waals surface area contributed by atoms with Crippen molar-refractivity contribution in [1.29, 1.82) is 0 Å². The van der Waals surface area contributed by atoms with E-state index in [9.17, 15) is 9.59 Å². The number of nitrogens with zero attached hydrogens (tertiary/aromatic N) is 1. The number of benzene rings is 1. The van der Waals surface area contributed by atoms with Crippen molar-refractivity contribution in [2.24, 2.45) is 0 Å². The van der Waals surface area contributed by atoms with E-state index in [1.165, 1.54) is 11.0 Å². The third kappa shape index (κ3) is 4.05. The first kappa shape index (κ1) is 14.0. The second kappa shape index (κ2) is 7.27. The van der Waals surface area contributed by atoms with E-state index in [1.54, 1.807) is 7.05 Å². The maximum Gasteiger partial charge on any atom is 0.410 e. The number of rotatable bonds is 6.